The molecule has 0 amide bonds. The molecule has 0 fully saturated rings. The number of nitrogens with zero attached hydrogens (tertiary/aromatic N) is 4. The normalized spacial score (nSPS) is 11.5. The van der Waals surface area contributed by atoms with Gasteiger partial charge in [0.25, 0.3) is 22.2 Å². The molecule has 8 aromatic heterocycles. The maximum atomic E-state index is 14.6. The van der Waals surface area contributed by atoms with Crippen molar-refractivity contribution in [2.24, 2.45) is 0 Å². The van der Waals surface area contributed by atoms with Crippen molar-refractivity contribution in [2.75, 3.05) is 54.9 Å². The predicted molar refractivity (Wildman–Crippen MR) is 464 cm³/mol. The fourth-order valence-corrected chi connectivity index (χ4v) is 16.6. The number of benzene rings is 5. The minimum Gasteiger partial charge on any atom is -0.422 e. The molecule has 0 N–H and O–H groups in total. The van der Waals surface area contributed by atoms with Crippen molar-refractivity contribution in [2.45, 2.75) is 131 Å². The highest BCUT2D eigenvalue weighted by atomic mass is 79.9. The van der Waals surface area contributed by atoms with E-state index < -0.39 is 59.7 Å². The summed E-state index contributed by atoms with van der Waals surface area (Å²) in [5.74, 6) is -1.45. The number of hydrogen-bond acceptors (Lipinski definition) is 23. The molecule has 8 heterocycles. The lowest BCUT2D eigenvalue weighted by molar-refractivity contribution is -0.116. The van der Waals surface area contributed by atoms with Crippen LogP contribution < -0.4 is 53.1 Å². The van der Waals surface area contributed by atoms with Gasteiger partial charge in [0, 0.05) is 119 Å². The first-order valence-corrected chi connectivity index (χ1v) is 42.4. The summed E-state index contributed by atoms with van der Waals surface area (Å²) in [7, 11) is -2.45. The van der Waals surface area contributed by atoms with Crippen molar-refractivity contribution in [1.29, 1.82) is 0 Å². The predicted octanol–water partition coefficient (Wildman–Crippen LogP) is 13.8. The first kappa shape index (κ1) is 92.8. The molecule has 0 bridgehead atoms. The van der Waals surface area contributed by atoms with Gasteiger partial charge in [0.2, 0.25) is 0 Å². The Hall–Kier alpha value is -11.4. The van der Waals surface area contributed by atoms with Crippen molar-refractivity contribution in [3.63, 3.8) is 0 Å². The Bertz CT molecular complexity index is 7010. The summed E-state index contributed by atoms with van der Waals surface area (Å²) in [4.78, 5) is 115. The number of Topliss-reactive ketones (excluding diaryl/α,β-unsaturated/α-hetero) is 1. The molecule has 642 valence electrons. The third-order valence-corrected chi connectivity index (χ3v) is 24.8. The zero-order valence-electron chi connectivity index (χ0n) is 69.4. The van der Waals surface area contributed by atoms with Gasteiger partial charge in [-0.25, -0.2) is 28.0 Å². The van der Waals surface area contributed by atoms with Crippen molar-refractivity contribution in [3.8, 4) is 22.6 Å². The fraction of sp³-hybridized carbons (Fsp3) is 0.292. The van der Waals surface area contributed by atoms with Crippen LogP contribution in [0.1, 0.15) is 90.9 Å². The van der Waals surface area contributed by atoms with Crippen LogP contribution in [-0.2, 0) is 89.4 Å². The molecule has 0 unspecified atom stereocenters. The standard InChI is InChI=1S/C29H28FNO5.C20H19BrFNO4.C20H20BrNO7S.C20H21NO7S/c1-17(32)14-20-8-7-10-22(15-20)25-19(3)31(12-13-35-4)28(33)26-23(18(2)29(34)36-27(25)26)16-21-9-5-6-11-24(21)30;1-11-14(10-13-6-4-5-7-15(13)22)16-18(27-20(11)25)17(21)12(2)23(19(16)24)8-9-26-3;1-11-5-7-14(8-6-11)30(25,26)29-17-12(2)20(24)28-18-15(17)19(23)22(9-10-27-4)13(3)16(18)21;1-12-5-7-15(8-6-12)29(24,25)28-18-14(3)20(23)27-16-11-13(2)21(9-10-26-4)19(22)17(16)18/h5-11,15H,12-14,16H2,1-4H3;4-7H,8-10H2,1-3H3;5-8H,9-10H2,1-4H3;5-8,11H,9-10H2,1-4H3. The molecular formula is C89H88Br2F2N4O23S2. The van der Waals surface area contributed by atoms with Crippen molar-refractivity contribution < 1.29 is 75.4 Å². The molecule has 0 aliphatic heterocycles. The SMILES string of the molecule is COCCn1c(C)c(-c2cccc(CC(C)=O)c2)c2oc(=O)c(C)c(Cc3ccccc3F)c2c1=O.COCCn1c(C)c(Br)c2oc(=O)c(C)c(Cc3ccccc3F)c2c1=O.COCCn1c(C)c(Br)c2oc(=O)c(C)c(OS(=O)(=O)c3ccc(C)cc3)c2c1=O.COCCn1c(C)cc2oc(=O)c(C)c(OS(=O)(=O)c3ccc(C)cc3)c2c1=O. The van der Waals surface area contributed by atoms with E-state index in [1.807, 2.05) is 38.1 Å². The zero-order chi connectivity index (χ0) is 89.3. The second kappa shape index (κ2) is 39.6. The number of aromatic nitrogens is 4. The van der Waals surface area contributed by atoms with E-state index in [9.17, 15) is 68.8 Å². The van der Waals surface area contributed by atoms with Gasteiger partial charge in [0.15, 0.2) is 28.2 Å². The summed E-state index contributed by atoms with van der Waals surface area (Å²) in [5.41, 5.74) is 4.01. The lowest BCUT2D eigenvalue weighted by Gasteiger charge is -2.19. The number of hydrogen-bond donors (Lipinski definition) is 0. The molecule has 122 heavy (non-hydrogen) atoms. The highest BCUT2D eigenvalue weighted by Gasteiger charge is 2.31. The van der Waals surface area contributed by atoms with Gasteiger partial charge in [-0.1, -0.05) is 96.1 Å². The van der Waals surface area contributed by atoms with Gasteiger partial charge in [-0.15, -0.1) is 0 Å². The average molecular weight is 1840 g/mol. The van der Waals surface area contributed by atoms with Gasteiger partial charge in [-0.05, 0) is 178 Å². The number of pyridine rings is 4. The molecular weight excluding hydrogens is 1750 g/mol. The van der Waals surface area contributed by atoms with Gasteiger partial charge in [0.1, 0.15) is 43.6 Å². The topological polar surface area (TPSA) is 350 Å². The number of methoxy groups -OCH3 is 4. The lowest BCUT2D eigenvalue weighted by Crippen LogP contribution is -2.27. The Morgan fingerprint density at radius 3 is 1.22 bits per heavy atom. The van der Waals surface area contributed by atoms with Crippen LogP contribution in [0.5, 0.6) is 11.5 Å². The average Bonchev–Trinajstić information content (AvgIpc) is 0.752. The van der Waals surface area contributed by atoms with Crippen LogP contribution in [0.3, 0.4) is 0 Å². The third-order valence-electron chi connectivity index (χ3n) is 20.4. The minimum atomic E-state index is -4.30. The van der Waals surface area contributed by atoms with Crippen LogP contribution in [0, 0.1) is 80.9 Å². The fourth-order valence-electron chi connectivity index (χ4n) is 13.6. The highest BCUT2D eigenvalue weighted by Crippen LogP contribution is 2.37. The van der Waals surface area contributed by atoms with Crippen LogP contribution in [-0.4, -0.2) is 95.8 Å². The van der Waals surface area contributed by atoms with Crippen LogP contribution in [0.15, 0.2) is 202 Å². The number of fused-ring (bicyclic) bond motifs is 4. The van der Waals surface area contributed by atoms with Crippen LogP contribution >= 0.6 is 31.9 Å². The molecule has 13 rings (SSSR count). The van der Waals surface area contributed by atoms with Gasteiger partial charge < -0.3 is 63.3 Å². The Kier molecular flexibility index (Phi) is 30.1. The van der Waals surface area contributed by atoms with Crippen molar-refractivity contribution in [1.82, 2.24) is 18.3 Å². The van der Waals surface area contributed by atoms with Gasteiger partial charge >= 0.3 is 42.7 Å². The summed E-state index contributed by atoms with van der Waals surface area (Å²) < 4.78 is 140. The maximum absolute atomic E-state index is 14.6. The molecule has 0 saturated carbocycles. The second-order valence-electron chi connectivity index (χ2n) is 28.7. The maximum Gasteiger partial charge on any atom is 0.343 e. The number of halogens is 4. The van der Waals surface area contributed by atoms with Gasteiger partial charge in [-0.3, -0.25) is 24.0 Å². The van der Waals surface area contributed by atoms with Gasteiger partial charge in [-0.2, -0.15) is 16.8 Å². The summed E-state index contributed by atoms with van der Waals surface area (Å²) >= 11 is 6.79. The van der Waals surface area contributed by atoms with E-state index >= 15 is 0 Å². The summed E-state index contributed by atoms with van der Waals surface area (Å²) in [6.07, 6.45) is 0.443. The minimum absolute atomic E-state index is 0.0214. The first-order chi connectivity index (χ1) is 57.8. The Morgan fingerprint density at radius 1 is 0.418 bits per heavy atom. The van der Waals surface area contributed by atoms with E-state index in [4.69, 9.17) is 45.0 Å². The number of rotatable bonds is 25. The number of aryl methyl sites for hydroxylation is 3. The number of carbonyl (C=O) groups is 1. The van der Waals surface area contributed by atoms with E-state index in [0.29, 0.717) is 90.4 Å². The molecule has 27 nitrogen and oxygen atoms in total. The first-order valence-electron chi connectivity index (χ1n) is 38.0. The van der Waals surface area contributed by atoms with E-state index in [2.05, 4.69) is 31.9 Å². The van der Waals surface area contributed by atoms with Crippen molar-refractivity contribution in [3.05, 3.63) is 315 Å². The van der Waals surface area contributed by atoms with Crippen molar-refractivity contribution >= 4 is 102 Å². The van der Waals surface area contributed by atoms with Gasteiger partial charge in [0.05, 0.1) is 57.3 Å². The Morgan fingerprint density at radius 2 is 0.787 bits per heavy atom. The third kappa shape index (κ3) is 20.0. The van der Waals surface area contributed by atoms with E-state index in [-0.39, 0.29) is 157 Å². The monoisotopic (exact) mass is 1840 g/mol. The molecule has 0 radical (unpaired) electrons. The highest BCUT2D eigenvalue weighted by molar-refractivity contribution is 9.11. The number of ether oxygens (including phenoxy) is 4. The Balaban J connectivity index is 0.000000171. The van der Waals surface area contributed by atoms with E-state index in [1.165, 1.54) is 86.6 Å². The molecule has 0 spiro atoms. The molecule has 13 aromatic rings. The quantitative estimate of drug-likeness (QED) is 0.0480. The number of ketones is 1. The summed E-state index contributed by atoms with van der Waals surface area (Å²) in [5, 5.41) is 0.267. The largest absolute Gasteiger partial charge is 0.422 e. The second-order valence-corrected chi connectivity index (χ2v) is 33.4. The molecule has 0 saturated heterocycles. The molecule has 0 aliphatic carbocycles. The zero-order valence-corrected chi connectivity index (χ0v) is 74.2. The van der Waals surface area contributed by atoms with Crippen LogP contribution in [0.4, 0.5) is 8.78 Å². The molecule has 5 aromatic carbocycles. The van der Waals surface area contributed by atoms with Crippen LogP contribution in [0.2, 0.25) is 0 Å². The van der Waals surface area contributed by atoms with E-state index in [0.717, 1.165) is 16.7 Å². The molecule has 0 aliphatic rings. The summed E-state index contributed by atoms with van der Waals surface area (Å²) in [6.45, 7) is 20.2. The molecule has 0 atom stereocenters. The molecule has 33 heteroatoms. The van der Waals surface area contributed by atoms with E-state index in [1.54, 1.807) is 126 Å². The Labute approximate surface area is 714 Å². The van der Waals surface area contributed by atoms with Crippen LogP contribution in [0.25, 0.3) is 55.0 Å². The smallest absolute Gasteiger partial charge is 0.343 e. The number of carbonyl (C=O) groups excluding carboxylic acids is 1. The lowest BCUT2D eigenvalue weighted by atomic mass is 9.93. The summed E-state index contributed by atoms with van der Waals surface area (Å²) in [6, 6.07) is 33.6.